The first kappa shape index (κ1) is 10.2. The van der Waals surface area contributed by atoms with Crippen LogP contribution in [0.25, 0.3) is 0 Å². The standard InChI is InChI=1S/C11H14N2O2/c1-8(7-12)13-9(14)6-11(10(13)15)4-2-3-5-11/h8H,2-6H2,1H3. The van der Waals surface area contributed by atoms with Crippen LogP contribution in [-0.2, 0) is 9.59 Å². The molecule has 0 radical (unpaired) electrons. The molecular formula is C11H14N2O2. The van der Waals surface area contributed by atoms with Crippen LogP contribution >= 0.6 is 0 Å². The minimum Gasteiger partial charge on any atom is -0.274 e. The van der Waals surface area contributed by atoms with Crippen LogP contribution in [0, 0.1) is 16.7 Å². The summed E-state index contributed by atoms with van der Waals surface area (Å²) in [4.78, 5) is 25.0. The molecule has 0 aromatic rings. The molecule has 1 aliphatic carbocycles. The number of likely N-dealkylation sites (tertiary alicyclic amines) is 1. The Kier molecular flexibility index (Phi) is 2.26. The summed E-state index contributed by atoms with van der Waals surface area (Å²) in [7, 11) is 0. The number of hydrogen-bond donors (Lipinski definition) is 0. The molecule has 4 heteroatoms. The number of hydrogen-bond acceptors (Lipinski definition) is 3. The van der Waals surface area contributed by atoms with Crippen molar-refractivity contribution in [3.8, 4) is 6.07 Å². The zero-order valence-corrected chi connectivity index (χ0v) is 8.82. The second-order valence-corrected chi connectivity index (χ2v) is 4.54. The maximum Gasteiger partial charge on any atom is 0.237 e. The van der Waals surface area contributed by atoms with Gasteiger partial charge in [0.25, 0.3) is 0 Å². The van der Waals surface area contributed by atoms with Gasteiger partial charge in [-0.1, -0.05) is 12.8 Å². The lowest BCUT2D eigenvalue weighted by Crippen LogP contribution is -2.39. The minimum atomic E-state index is -0.620. The fraction of sp³-hybridized carbons (Fsp3) is 0.727. The Balaban J connectivity index is 2.27. The van der Waals surface area contributed by atoms with E-state index >= 15 is 0 Å². The van der Waals surface area contributed by atoms with Gasteiger partial charge in [-0.25, -0.2) is 0 Å². The summed E-state index contributed by atoms with van der Waals surface area (Å²) in [5.41, 5.74) is -0.442. The number of amides is 2. The van der Waals surface area contributed by atoms with Crippen molar-refractivity contribution in [2.24, 2.45) is 5.41 Å². The molecule has 1 aliphatic heterocycles. The maximum atomic E-state index is 12.1. The van der Waals surface area contributed by atoms with Crippen molar-refractivity contribution < 1.29 is 9.59 Å². The molecule has 15 heavy (non-hydrogen) atoms. The van der Waals surface area contributed by atoms with Crippen LogP contribution in [0.3, 0.4) is 0 Å². The van der Waals surface area contributed by atoms with Crippen molar-refractivity contribution in [3.63, 3.8) is 0 Å². The molecule has 0 bridgehead atoms. The molecule has 2 fully saturated rings. The number of rotatable bonds is 1. The van der Waals surface area contributed by atoms with E-state index in [1.165, 1.54) is 0 Å². The first-order valence-corrected chi connectivity index (χ1v) is 5.37. The fourth-order valence-corrected chi connectivity index (χ4v) is 2.71. The number of nitrogens with zero attached hydrogens (tertiary/aromatic N) is 2. The van der Waals surface area contributed by atoms with Crippen molar-refractivity contribution in [2.75, 3.05) is 0 Å². The van der Waals surface area contributed by atoms with E-state index in [9.17, 15) is 9.59 Å². The van der Waals surface area contributed by atoms with Gasteiger partial charge in [-0.15, -0.1) is 0 Å². The lowest BCUT2D eigenvalue weighted by molar-refractivity contribution is -0.142. The summed E-state index contributed by atoms with van der Waals surface area (Å²) in [5.74, 6) is -0.282. The molecule has 1 saturated carbocycles. The van der Waals surface area contributed by atoms with E-state index in [0.717, 1.165) is 30.6 Å². The summed E-state index contributed by atoms with van der Waals surface area (Å²) in [5, 5.41) is 8.77. The first-order chi connectivity index (χ1) is 7.10. The summed E-state index contributed by atoms with van der Waals surface area (Å²) >= 11 is 0. The van der Waals surface area contributed by atoms with Gasteiger partial charge in [-0.05, 0) is 19.8 Å². The van der Waals surface area contributed by atoms with E-state index in [0.29, 0.717) is 6.42 Å². The molecule has 1 atom stereocenters. The fourth-order valence-electron chi connectivity index (χ4n) is 2.71. The van der Waals surface area contributed by atoms with Gasteiger partial charge < -0.3 is 0 Å². The van der Waals surface area contributed by atoms with Crippen LogP contribution in [0.4, 0.5) is 0 Å². The smallest absolute Gasteiger partial charge is 0.237 e. The molecule has 1 spiro atoms. The van der Waals surface area contributed by atoms with E-state index in [-0.39, 0.29) is 11.8 Å². The monoisotopic (exact) mass is 206 g/mol. The molecule has 2 amide bonds. The Morgan fingerprint density at radius 1 is 1.40 bits per heavy atom. The van der Waals surface area contributed by atoms with Gasteiger partial charge in [0.05, 0.1) is 11.5 Å². The quantitative estimate of drug-likeness (QED) is 0.606. The summed E-state index contributed by atoms with van der Waals surface area (Å²) in [6.45, 7) is 1.60. The van der Waals surface area contributed by atoms with Crippen LogP contribution in [-0.4, -0.2) is 22.8 Å². The van der Waals surface area contributed by atoms with Crippen molar-refractivity contribution in [1.82, 2.24) is 4.90 Å². The molecule has 0 N–H and O–H groups in total. The summed E-state index contributed by atoms with van der Waals surface area (Å²) in [6.07, 6.45) is 3.98. The van der Waals surface area contributed by atoms with E-state index in [2.05, 4.69) is 0 Å². The molecule has 4 nitrogen and oxygen atoms in total. The van der Waals surface area contributed by atoms with Gasteiger partial charge in [0.2, 0.25) is 11.8 Å². The SMILES string of the molecule is CC(C#N)N1C(=O)CC2(CCCC2)C1=O. The van der Waals surface area contributed by atoms with E-state index in [1.807, 2.05) is 6.07 Å². The third kappa shape index (κ3) is 1.34. The van der Waals surface area contributed by atoms with Gasteiger partial charge in [-0.2, -0.15) is 5.26 Å². The zero-order chi connectivity index (χ0) is 11.1. The number of nitriles is 1. The molecule has 2 rings (SSSR count). The minimum absolute atomic E-state index is 0.112. The van der Waals surface area contributed by atoms with Crippen LogP contribution < -0.4 is 0 Å². The Bertz CT molecular complexity index is 350. The zero-order valence-electron chi connectivity index (χ0n) is 8.82. The highest BCUT2D eigenvalue weighted by molar-refractivity contribution is 6.06. The Morgan fingerprint density at radius 3 is 2.53 bits per heavy atom. The van der Waals surface area contributed by atoms with E-state index in [1.54, 1.807) is 6.92 Å². The van der Waals surface area contributed by atoms with Gasteiger partial charge in [0.1, 0.15) is 6.04 Å². The third-order valence-electron chi connectivity index (χ3n) is 3.57. The Hall–Kier alpha value is -1.37. The van der Waals surface area contributed by atoms with Gasteiger partial charge >= 0.3 is 0 Å². The van der Waals surface area contributed by atoms with Crippen molar-refractivity contribution in [2.45, 2.75) is 45.1 Å². The Labute approximate surface area is 88.9 Å². The predicted molar refractivity (Wildman–Crippen MR) is 52.4 cm³/mol. The highest BCUT2D eigenvalue weighted by Gasteiger charge is 2.53. The average molecular weight is 206 g/mol. The lowest BCUT2D eigenvalue weighted by atomic mass is 9.84. The van der Waals surface area contributed by atoms with Crippen LogP contribution in [0.2, 0.25) is 0 Å². The molecule has 1 heterocycles. The van der Waals surface area contributed by atoms with Crippen molar-refractivity contribution in [3.05, 3.63) is 0 Å². The average Bonchev–Trinajstić information content (AvgIpc) is 2.75. The second kappa shape index (κ2) is 3.34. The van der Waals surface area contributed by atoms with E-state index < -0.39 is 11.5 Å². The van der Waals surface area contributed by atoms with Gasteiger partial charge in [0.15, 0.2) is 0 Å². The molecule has 2 aliphatic rings. The molecule has 1 saturated heterocycles. The van der Waals surface area contributed by atoms with Gasteiger partial charge in [-0.3, -0.25) is 14.5 Å². The predicted octanol–water partition coefficient (Wildman–Crippen LogP) is 1.22. The normalized spacial score (nSPS) is 26.0. The van der Waals surface area contributed by atoms with Crippen LogP contribution in [0.5, 0.6) is 0 Å². The molecular weight excluding hydrogens is 192 g/mol. The highest BCUT2D eigenvalue weighted by atomic mass is 16.2. The molecule has 0 aromatic carbocycles. The summed E-state index contributed by atoms with van der Waals surface area (Å²) in [6, 6.07) is 1.34. The van der Waals surface area contributed by atoms with Crippen LogP contribution in [0.1, 0.15) is 39.0 Å². The molecule has 1 unspecified atom stereocenters. The largest absolute Gasteiger partial charge is 0.274 e. The lowest BCUT2D eigenvalue weighted by Gasteiger charge is -2.21. The van der Waals surface area contributed by atoms with E-state index in [4.69, 9.17) is 5.26 Å². The van der Waals surface area contributed by atoms with Crippen molar-refractivity contribution in [1.29, 1.82) is 5.26 Å². The highest BCUT2D eigenvalue weighted by Crippen LogP contribution is 2.47. The van der Waals surface area contributed by atoms with Crippen molar-refractivity contribution >= 4 is 11.8 Å². The number of carbonyl (C=O) groups excluding carboxylic acids is 2. The third-order valence-corrected chi connectivity index (χ3v) is 3.57. The molecule has 0 aromatic heterocycles. The Morgan fingerprint density at radius 2 is 2.00 bits per heavy atom. The topological polar surface area (TPSA) is 61.2 Å². The molecule has 80 valence electrons. The first-order valence-electron chi connectivity index (χ1n) is 5.37. The maximum absolute atomic E-state index is 12.1. The number of imide groups is 1. The van der Waals surface area contributed by atoms with Crippen LogP contribution in [0.15, 0.2) is 0 Å². The second-order valence-electron chi connectivity index (χ2n) is 4.54. The summed E-state index contributed by atoms with van der Waals surface area (Å²) < 4.78 is 0. The number of carbonyl (C=O) groups is 2. The van der Waals surface area contributed by atoms with Gasteiger partial charge in [0, 0.05) is 6.42 Å².